The number of carboxylic acid groups (broad SMARTS) is 2. The second kappa shape index (κ2) is 25.8. The van der Waals surface area contributed by atoms with Gasteiger partial charge in [0.25, 0.3) is 0 Å². The number of carboxylic acids is 2. The van der Waals surface area contributed by atoms with Crippen LogP contribution in [-0.4, -0.2) is 59.0 Å². The third-order valence-corrected chi connectivity index (χ3v) is 3.48. The van der Waals surface area contributed by atoms with E-state index < -0.39 is 30.3 Å². The number of aliphatic hydroxyl groups excluding tert-OH is 1. The van der Waals surface area contributed by atoms with Gasteiger partial charge in [0, 0.05) is 17.8 Å². The predicted molar refractivity (Wildman–Crippen MR) is 130 cm³/mol. The first kappa shape index (κ1) is 35.1. The molecule has 3 N–H and O–H groups in total. The van der Waals surface area contributed by atoms with Crippen LogP contribution in [0.1, 0.15) is 51.4 Å². The standard InChI is InChI=1S/C15H22O4.C5H6O4.C5H10O/c1-4-6-8-10-18-14(16)12-13(3)15(17)19-11-9-7-5-2;1-3(5(8)9)2-4(6)7;1-2-3-4-5-6/h4-5H,1-3,6-12H2;1-2H2,(H,6,7)(H,8,9);2,6H,1,3-5H2. The average molecular weight is 483 g/mol. The van der Waals surface area contributed by atoms with E-state index in [0.717, 1.165) is 32.1 Å². The second-order valence-electron chi connectivity index (χ2n) is 6.63. The van der Waals surface area contributed by atoms with E-state index in [1.807, 2.05) is 0 Å². The summed E-state index contributed by atoms with van der Waals surface area (Å²) >= 11 is 0. The Morgan fingerprint density at radius 3 is 1.53 bits per heavy atom. The van der Waals surface area contributed by atoms with Crippen molar-refractivity contribution in [3.05, 3.63) is 62.3 Å². The van der Waals surface area contributed by atoms with Crippen molar-refractivity contribution >= 4 is 23.9 Å². The van der Waals surface area contributed by atoms with Crippen LogP contribution in [0, 0.1) is 0 Å². The van der Waals surface area contributed by atoms with E-state index in [0.29, 0.717) is 19.6 Å². The number of hydrogen-bond acceptors (Lipinski definition) is 7. The third kappa shape index (κ3) is 28.5. The normalized spacial score (nSPS) is 8.97. The number of ether oxygens (including phenoxy) is 2. The molecule has 0 aliphatic heterocycles. The van der Waals surface area contributed by atoms with E-state index in [4.69, 9.17) is 24.8 Å². The Morgan fingerprint density at radius 2 is 1.18 bits per heavy atom. The van der Waals surface area contributed by atoms with Crippen LogP contribution in [0.4, 0.5) is 0 Å². The molecule has 0 unspecified atom stereocenters. The van der Waals surface area contributed by atoms with Gasteiger partial charge < -0.3 is 24.8 Å². The highest BCUT2D eigenvalue weighted by Gasteiger charge is 2.13. The minimum absolute atomic E-state index is 0.118. The lowest BCUT2D eigenvalue weighted by atomic mass is 10.2. The van der Waals surface area contributed by atoms with Crippen LogP contribution in [0.25, 0.3) is 0 Å². The molecule has 0 aliphatic rings. The number of aliphatic carboxylic acids is 2. The zero-order valence-corrected chi connectivity index (χ0v) is 19.8. The van der Waals surface area contributed by atoms with Crippen LogP contribution in [0.2, 0.25) is 0 Å². The molecule has 0 aromatic heterocycles. The Kier molecular flexibility index (Phi) is 26.7. The van der Waals surface area contributed by atoms with Gasteiger partial charge in [-0.1, -0.05) is 31.4 Å². The maximum atomic E-state index is 11.4. The van der Waals surface area contributed by atoms with Crippen molar-refractivity contribution in [2.45, 2.75) is 51.4 Å². The van der Waals surface area contributed by atoms with Crippen molar-refractivity contribution in [2.75, 3.05) is 19.8 Å². The van der Waals surface area contributed by atoms with Crippen molar-refractivity contribution in [1.82, 2.24) is 0 Å². The zero-order chi connectivity index (χ0) is 26.8. The molecule has 0 spiro atoms. The van der Waals surface area contributed by atoms with Crippen molar-refractivity contribution in [3.63, 3.8) is 0 Å². The largest absolute Gasteiger partial charge is 0.481 e. The highest BCUT2D eigenvalue weighted by Crippen LogP contribution is 2.05. The fourth-order valence-corrected chi connectivity index (χ4v) is 1.70. The van der Waals surface area contributed by atoms with Gasteiger partial charge >= 0.3 is 23.9 Å². The number of esters is 2. The van der Waals surface area contributed by atoms with E-state index in [-0.39, 0.29) is 24.2 Å². The Balaban J connectivity index is -0.000000527. The number of aliphatic hydroxyl groups is 1. The van der Waals surface area contributed by atoms with Crippen molar-refractivity contribution in [1.29, 1.82) is 0 Å². The van der Waals surface area contributed by atoms with Gasteiger partial charge in [-0.05, 0) is 38.5 Å². The summed E-state index contributed by atoms with van der Waals surface area (Å²) in [6, 6.07) is 0. The Bertz CT molecular complexity index is 678. The van der Waals surface area contributed by atoms with Gasteiger partial charge in [0.2, 0.25) is 0 Å². The van der Waals surface area contributed by atoms with Gasteiger partial charge in [-0.2, -0.15) is 0 Å². The molecule has 9 heteroatoms. The highest BCUT2D eigenvalue weighted by molar-refractivity contribution is 5.93. The van der Waals surface area contributed by atoms with Gasteiger partial charge in [-0.3, -0.25) is 9.59 Å². The van der Waals surface area contributed by atoms with E-state index in [9.17, 15) is 19.2 Å². The van der Waals surface area contributed by atoms with Crippen LogP contribution < -0.4 is 0 Å². The molecule has 0 atom stereocenters. The first-order valence-electron chi connectivity index (χ1n) is 10.6. The van der Waals surface area contributed by atoms with Crippen LogP contribution >= 0.6 is 0 Å². The number of unbranched alkanes of at least 4 members (excludes halogenated alkanes) is 3. The molecule has 0 heterocycles. The molecule has 0 amide bonds. The first-order valence-corrected chi connectivity index (χ1v) is 10.6. The molecular formula is C25H38O9. The summed E-state index contributed by atoms with van der Waals surface area (Å²) in [4.78, 5) is 42.5. The lowest BCUT2D eigenvalue weighted by molar-refractivity contribution is -0.146. The Labute approximate surface area is 201 Å². The minimum Gasteiger partial charge on any atom is -0.481 e. The predicted octanol–water partition coefficient (Wildman–Crippen LogP) is 4.00. The summed E-state index contributed by atoms with van der Waals surface area (Å²) in [6.07, 6.45) is 9.48. The van der Waals surface area contributed by atoms with E-state index in [1.54, 1.807) is 18.2 Å². The zero-order valence-electron chi connectivity index (χ0n) is 19.8. The van der Waals surface area contributed by atoms with E-state index in [1.165, 1.54) is 0 Å². The molecule has 0 radical (unpaired) electrons. The minimum atomic E-state index is -1.27. The molecule has 0 rings (SSSR count). The van der Waals surface area contributed by atoms with Crippen molar-refractivity contribution in [2.24, 2.45) is 0 Å². The lowest BCUT2D eigenvalue weighted by Crippen LogP contribution is -2.14. The average Bonchev–Trinajstić information content (AvgIpc) is 2.78. The van der Waals surface area contributed by atoms with Gasteiger partial charge in [0.15, 0.2) is 0 Å². The van der Waals surface area contributed by atoms with E-state index in [2.05, 4.69) is 32.9 Å². The number of hydrogen-bond donors (Lipinski definition) is 3. The first-order chi connectivity index (χ1) is 16.1. The van der Waals surface area contributed by atoms with Gasteiger partial charge in [-0.25, -0.2) is 9.59 Å². The summed E-state index contributed by atoms with van der Waals surface area (Å²) in [7, 11) is 0. The van der Waals surface area contributed by atoms with Crippen LogP contribution in [0.5, 0.6) is 0 Å². The molecule has 192 valence electrons. The van der Waals surface area contributed by atoms with Crippen LogP contribution in [-0.2, 0) is 28.7 Å². The van der Waals surface area contributed by atoms with Gasteiger partial charge in [0.1, 0.15) is 0 Å². The second-order valence-corrected chi connectivity index (χ2v) is 6.63. The van der Waals surface area contributed by atoms with Gasteiger partial charge in [0.05, 0.1) is 26.1 Å². The SMILES string of the molecule is C=C(CC(=O)O)C(=O)O.C=CCCCO.C=CCCCOC(=O)CC(=C)C(=O)OCCCC=C. The number of carbonyl (C=O) groups is 4. The van der Waals surface area contributed by atoms with E-state index >= 15 is 0 Å². The lowest BCUT2D eigenvalue weighted by Gasteiger charge is -2.07. The fourth-order valence-electron chi connectivity index (χ4n) is 1.70. The maximum Gasteiger partial charge on any atom is 0.333 e. The molecule has 34 heavy (non-hydrogen) atoms. The number of rotatable bonds is 17. The number of allylic oxidation sites excluding steroid dienone is 3. The molecule has 0 saturated carbocycles. The molecule has 0 bridgehead atoms. The molecule has 0 aromatic carbocycles. The third-order valence-electron chi connectivity index (χ3n) is 3.48. The summed E-state index contributed by atoms with van der Waals surface area (Å²) in [5, 5.41) is 24.2. The summed E-state index contributed by atoms with van der Waals surface area (Å²) in [5.74, 6) is -3.45. The van der Waals surface area contributed by atoms with Crippen molar-refractivity contribution < 1.29 is 44.0 Å². The van der Waals surface area contributed by atoms with Crippen LogP contribution in [0.3, 0.4) is 0 Å². The Hall–Kier alpha value is -3.46. The molecule has 0 aromatic rings. The summed E-state index contributed by atoms with van der Waals surface area (Å²) < 4.78 is 9.88. The molecule has 0 fully saturated rings. The fraction of sp³-hybridized carbons (Fsp3) is 0.440. The maximum absolute atomic E-state index is 11.4. The summed E-state index contributed by atoms with van der Waals surface area (Å²) in [5.41, 5.74) is -0.185. The highest BCUT2D eigenvalue weighted by atomic mass is 16.5. The topological polar surface area (TPSA) is 147 Å². The Morgan fingerprint density at radius 1 is 0.706 bits per heavy atom. The van der Waals surface area contributed by atoms with Crippen molar-refractivity contribution in [3.8, 4) is 0 Å². The smallest absolute Gasteiger partial charge is 0.333 e. The van der Waals surface area contributed by atoms with Crippen LogP contribution in [0.15, 0.2) is 62.3 Å². The molecule has 0 saturated heterocycles. The quantitative estimate of drug-likeness (QED) is 0.121. The monoisotopic (exact) mass is 482 g/mol. The number of carbonyl (C=O) groups excluding carboxylic acids is 2. The molecular weight excluding hydrogens is 444 g/mol. The molecule has 0 aliphatic carbocycles. The van der Waals surface area contributed by atoms with Gasteiger partial charge in [-0.15, -0.1) is 19.7 Å². The molecule has 9 nitrogen and oxygen atoms in total. The summed E-state index contributed by atoms with van der Waals surface area (Å²) in [6.45, 7) is 18.1.